The lowest BCUT2D eigenvalue weighted by molar-refractivity contribution is 0.207. The fourth-order valence-corrected chi connectivity index (χ4v) is 5.00. The molecule has 1 aliphatic carbocycles. The van der Waals surface area contributed by atoms with Crippen LogP contribution in [0.25, 0.3) is 0 Å². The molecule has 0 radical (unpaired) electrons. The van der Waals surface area contributed by atoms with Gasteiger partial charge in [0.15, 0.2) is 5.96 Å². The van der Waals surface area contributed by atoms with Gasteiger partial charge in [0.25, 0.3) is 0 Å². The van der Waals surface area contributed by atoms with E-state index in [0.717, 1.165) is 40.4 Å². The average molecular weight is 437 g/mol. The first-order chi connectivity index (χ1) is 13.8. The zero-order valence-electron chi connectivity index (χ0n) is 16.8. The van der Waals surface area contributed by atoms with Crippen LogP contribution in [0.1, 0.15) is 41.7 Å². The van der Waals surface area contributed by atoms with Crippen molar-refractivity contribution in [3.8, 4) is 5.75 Å². The van der Waals surface area contributed by atoms with Gasteiger partial charge in [-0.3, -0.25) is 4.99 Å². The second-order valence-corrected chi connectivity index (χ2v) is 10.1. The van der Waals surface area contributed by atoms with Gasteiger partial charge in [-0.25, -0.2) is 13.6 Å². The highest BCUT2D eigenvalue weighted by Crippen LogP contribution is 2.27. The highest BCUT2D eigenvalue weighted by atomic mass is 32.2. The number of benzene rings is 1. The largest absolute Gasteiger partial charge is 0.490 e. The van der Waals surface area contributed by atoms with Crippen molar-refractivity contribution in [1.82, 2.24) is 10.6 Å². The van der Waals surface area contributed by atoms with Crippen LogP contribution in [0.15, 0.2) is 39.5 Å². The molecule has 29 heavy (non-hydrogen) atoms. The van der Waals surface area contributed by atoms with E-state index in [0.29, 0.717) is 25.2 Å². The summed E-state index contributed by atoms with van der Waals surface area (Å²) in [5.74, 6) is 1.55. The van der Waals surface area contributed by atoms with E-state index in [1.807, 2.05) is 0 Å². The van der Waals surface area contributed by atoms with Gasteiger partial charge < -0.3 is 15.4 Å². The topological polar surface area (TPSA) is 106 Å². The van der Waals surface area contributed by atoms with Crippen LogP contribution in [-0.4, -0.2) is 27.5 Å². The predicted molar refractivity (Wildman–Crippen MR) is 117 cm³/mol. The zero-order chi connectivity index (χ0) is 20.9. The number of aliphatic imine (C=N–C) groups is 1. The molecule has 3 rings (SSSR count). The first kappa shape index (κ1) is 21.6. The molecule has 1 aromatic heterocycles. The number of thiophene rings is 1. The van der Waals surface area contributed by atoms with E-state index in [1.54, 1.807) is 13.1 Å². The van der Waals surface area contributed by atoms with Crippen LogP contribution in [0, 0.1) is 6.92 Å². The van der Waals surface area contributed by atoms with E-state index >= 15 is 0 Å². The molecule has 1 saturated carbocycles. The predicted octanol–water partition coefficient (Wildman–Crippen LogP) is 2.89. The molecule has 9 heteroatoms. The van der Waals surface area contributed by atoms with E-state index in [1.165, 1.54) is 24.5 Å². The summed E-state index contributed by atoms with van der Waals surface area (Å²) >= 11 is 1.15. The third-order valence-electron chi connectivity index (χ3n) is 4.84. The summed E-state index contributed by atoms with van der Waals surface area (Å²) in [7, 11) is -1.96. The Bertz CT molecular complexity index is 964. The minimum Gasteiger partial charge on any atom is -0.490 e. The summed E-state index contributed by atoms with van der Waals surface area (Å²) < 4.78 is 29.2. The minimum absolute atomic E-state index is 0.158. The molecule has 0 saturated heterocycles. The fourth-order valence-electron chi connectivity index (χ4n) is 3.28. The molecule has 0 spiro atoms. The number of ether oxygens (including phenoxy) is 1. The standard InChI is InChI=1S/C20H28N4O3S2/c1-14-7-8-15(18(11-14)27-16-5-3-4-6-16)12-23-20(22-2)24-13-17-9-10-19(28-17)29(21,25)26/h7-11,16H,3-6,12-13H2,1-2H3,(H2,21,25,26)(H2,22,23,24). The van der Waals surface area contributed by atoms with E-state index < -0.39 is 10.0 Å². The van der Waals surface area contributed by atoms with E-state index in [4.69, 9.17) is 9.88 Å². The van der Waals surface area contributed by atoms with Gasteiger partial charge in [-0.1, -0.05) is 12.1 Å². The van der Waals surface area contributed by atoms with Crippen LogP contribution in [0.2, 0.25) is 0 Å². The molecule has 0 atom stereocenters. The highest BCUT2D eigenvalue weighted by molar-refractivity contribution is 7.91. The average Bonchev–Trinajstić information content (AvgIpc) is 3.35. The van der Waals surface area contributed by atoms with E-state index in [9.17, 15) is 8.42 Å². The molecular weight excluding hydrogens is 408 g/mol. The maximum absolute atomic E-state index is 11.4. The van der Waals surface area contributed by atoms with Gasteiger partial charge in [0.2, 0.25) is 10.0 Å². The van der Waals surface area contributed by atoms with Crippen molar-refractivity contribution < 1.29 is 13.2 Å². The fraction of sp³-hybridized carbons (Fsp3) is 0.450. The molecule has 0 bridgehead atoms. The number of sulfonamides is 1. The van der Waals surface area contributed by atoms with Crippen LogP contribution in [0.4, 0.5) is 0 Å². The molecular formula is C20H28N4O3S2. The number of primary sulfonamides is 1. The van der Waals surface area contributed by atoms with Crippen molar-refractivity contribution in [2.24, 2.45) is 10.1 Å². The van der Waals surface area contributed by atoms with Crippen LogP contribution < -0.4 is 20.5 Å². The number of nitrogens with zero attached hydrogens (tertiary/aromatic N) is 1. The lowest BCUT2D eigenvalue weighted by Crippen LogP contribution is -2.36. The number of aryl methyl sites for hydroxylation is 1. The quantitative estimate of drug-likeness (QED) is 0.457. The van der Waals surface area contributed by atoms with Gasteiger partial charge in [-0.05, 0) is 56.4 Å². The van der Waals surface area contributed by atoms with Crippen molar-refractivity contribution in [3.05, 3.63) is 46.3 Å². The van der Waals surface area contributed by atoms with Crippen LogP contribution >= 0.6 is 11.3 Å². The van der Waals surface area contributed by atoms with Gasteiger partial charge >= 0.3 is 0 Å². The zero-order valence-corrected chi connectivity index (χ0v) is 18.4. The monoisotopic (exact) mass is 436 g/mol. The molecule has 1 aromatic carbocycles. The summed E-state index contributed by atoms with van der Waals surface area (Å²) in [6, 6.07) is 9.52. The summed E-state index contributed by atoms with van der Waals surface area (Å²) in [4.78, 5) is 5.10. The van der Waals surface area contributed by atoms with Gasteiger partial charge in [0.1, 0.15) is 9.96 Å². The number of nitrogens with one attached hydrogen (secondary N) is 2. The molecule has 4 N–H and O–H groups in total. The maximum atomic E-state index is 11.4. The van der Waals surface area contributed by atoms with Crippen LogP contribution in [0.5, 0.6) is 5.75 Å². The van der Waals surface area contributed by atoms with Gasteiger partial charge in [0, 0.05) is 24.0 Å². The first-order valence-electron chi connectivity index (χ1n) is 9.67. The van der Waals surface area contributed by atoms with Gasteiger partial charge in [-0.2, -0.15) is 0 Å². The number of nitrogens with two attached hydrogens (primary N) is 1. The molecule has 158 valence electrons. The Balaban J connectivity index is 1.58. The molecule has 2 aromatic rings. The Labute approximate surface area is 176 Å². The highest BCUT2D eigenvalue weighted by Gasteiger charge is 2.18. The number of guanidine groups is 1. The number of rotatable bonds is 7. The summed E-state index contributed by atoms with van der Waals surface area (Å²) in [5.41, 5.74) is 2.26. The van der Waals surface area contributed by atoms with Crippen molar-refractivity contribution in [1.29, 1.82) is 0 Å². The Morgan fingerprint density at radius 2 is 1.93 bits per heavy atom. The van der Waals surface area contributed by atoms with Crippen molar-refractivity contribution >= 4 is 27.3 Å². The summed E-state index contributed by atoms with van der Waals surface area (Å²) in [6.45, 7) is 3.10. The minimum atomic E-state index is -3.66. The SMILES string of the molecule is CN=C(NCc1ccc(S(N)(=O)=O)s1)NCc1ccc(C)cc1OC1CCCC1. The van der Waals surface area contributed by atoms with Crippen molar-refractivity contribution in [2.75, 3.05) is 7.05 Å². The number of hydrogen-bond acceptors (Lipinski definition) is 5. The lowest BCUT2D eigenvalue weighted by Gasteiger charge is -2.18. The molecule has 0 unspecified atom stereocenters. The Kier molecular flexibility index (Phi) is 7.15. The molecule has 1 aliphatic rings. The van der Waals surface area contributed by atoms with Crippen LogP contribution in [0.3, 0.4) is 0 Å². The lowest BCUT2D eigenvalue weighted by atomic mass is 10.1. The molecule has 1 heterocycles. The Hall–Kier alpha value is -2.10. The molecule has 7 nitrogen and oxygen atoms in total. The van der Waals surface area contributed by atoms with E-state index in [-0.39, 0.29) is 4.21 Å². The van der Waals surface area contributed by atoms with Crippen molar-refractivity contribution in [2.45, 2.75) is 56.0 Å². The molecule has 0 aliphatic heterocycles. The summed E-state index contributed by atoms with van der Waals surface area (Å²) in [6.07, 6.45) is 5.00. The third kappa shape index (κ3) is 6.19. The number of hydrogen-bond donors (Lipinski definition) is 3. The normalized spacial score (nSPS) is 15.5. The second kappa shape index (κ2) is 9.60. The maximum Gasteiger partial charge on any atom is 0.247 e. The van der Waals surface area contributed by atoms with Gasteiger partial charge in [-0.15, -0.1) is 11.3 Å². The molecule has 1 fully saturated rings. The second-order valence-electron chi connectivity index (χ2n) is 7.18. The Morgan fingerprint density at radius 1 is 1.21 bits per heavy atom. The molecule has 0 amide bonds. The van der Waals surface area contributed by atoms with E-state index in [2.05, 4.69) is 40.7 Å². The Morgan fingerprint density at radius 3 is 2.59 bits per heavy atom. The summed E-state index contributed by atoms with van der Waals surface area (Å²) in [5, 5.41) is 11.7. The van der Waals surface area contributed by atoms with Crippen molar-refractivity contribution in [3.63, 3.8) is 0 Å². The first-order valence-corrected chi connectivity index (χ1v) is 12.0. The van der Waals surface area contributed by atoms with Crippen LogP contribution in [-0.2, 0) is 23.1 Å². The van der Waals surface area contributed by atoms with Gasteiger partial charge in [0.05, 0.1) is 12.6 Å². The smallest absolute Gasteiger partial charge is 0.247 e. The third-order valence-corrected chi connectivity index (χ3v) is 7.36.